The smallest absolute Gasteiger partial charge is 0.161 e. The van der Waals surface area contributed by atoms with Gasteiger partial charge in [0, 0.05) is 30.9 Å². The molecule has 94 valence electrons. The van der Waals surface area contributed by atoms with Gasteiger partial charge in [-0.3, -0.25) is 4.79 Å². The molecule has 0 aliphatic rings. The van der Waals surface area contributed by atoms with E-state index in [0.29, 0.717) is 5.56 Å². The fourth-order valence-corrected chi connectivity index (χ4v) is 1.73. The van der Waals surface area contributed by atoms with Crippen LogP contribution in [0.15, 0.2) is 35.1 Å². The van der Waals surface area contributed by atoms with Gasteiger partial charge in [0.25, 0.3) is 0 Å². The molecule has 2 rings (SSSR count). The van der Waals surface area contributed by atoms with Crippen LogP contribution in [0.25, 0.3) is 0 Å². The van der Waals surface area contributed by atoms with Gasteiger partial charge in [-0.25, -0.2) is 4.98 Å². The van der Waals surface area contributed by atoms with E-state index in [1.54, 1.807) is 18.5 Å². The number of hydrogen-bond donors (Lipinski definition) is 0. The highest BCUT2D eigenvalue weighted by Crippen LogP contribution is 2.16. The van der Waals surface area contributed by atoms with E-state index in [2.05, 4.69) is 4.98 Å². The summed E-state index contributed by atoms with van der Waals surface area (Å²) in [5.74, 6) is 1.78. The van der Waals surface area contributed by atoms with Crippen LogP contribution in [-0.4, -0.2) is 17.8 Å². The van der Waals surface area contributed by atoms with E-state index in [4.69, 9.17) is 4.42 Å². The molecule has 0 bridgehead atoms. The fourth-order valence-electron chi connectivity index (χ4n) is 1.73. The van der Waals surface area contributed by atoms with E-state index < -0.39 is 0 Å². The third kappa shape index (κ3) is 2.59. The Morgan fingerprint density at radius 3 is 2.67 bits per heavy atom. The minimum atomic E-state index is 0.0300. The zero-order chi connectivity index (χ0) is 13.1. The highest BCUT2D eigenvalue weighted by Gasteiger charge is 2.08. The predicted molar refractivity (Wildman–Crippen MR) is 69.8 cm³/mol. The first kappa shape index (κ1) is 12.4. The van der Waals surface area contributed by atoms with Gasteiger partial charge in [-0.15, -0.1) is 0 Å². The molecule has 0 radical (unpaired) electrons. The molecule has 2 heterocycles. The number of Topliss-reactive ketones (excluding diaryl/α,β-unsaturated/α-hetero) is 1. The lowest BCUT2D eigenvalue weighted by Crippen LogP contribution is -2.17. The summed E-state index contributed by atoms with van der Waals surface area (Å²) in [6.07, 6.45) is 3.29. The van der Waals surface area contributed by atoms with Crippen LogP contribution < -0.4 is 4.90 Å². The maximum atomic E-state index is 11.2. The Morgan fingerprint density at radius 1 is 1.39 bits per heavy atom. The Labute approximate surface area is 106 Å². The summed E-state index contributed by atoms with van der Waals surface area (Å²) in [7, 11) is 1.96. The molecule has 2 aromatic heterocycles. The van der Waals surface area contributed by atoms with Gasteiger partial charge in [0.15, 0.2) is 5.78 Å². The molecule has 2 aromatic rings. The Hall–Kier alpha value is -2.10. The van der Waals surface area contributed by atoms with E-state index in [-0.39, 0.29) is 5.78 Å². The van der Waals surface area contributed by atoms with Gasteiger partial charge in [0.05, 0.1) is 6.26 Å². The van der Waals surface area contributed by atoms with Gasteiger partial charge < -0.3 is 9.32 Å². The molecule has 0 saturated heterocycles. The molecule has 18 heavy (non-hydrogen) atoms. The van der Waals surface area contributed by atoms with Crippen molar-refractivity contribution >= 4 is 11.6 Å². The number of nitrogens with zero attached hydrogens (tertiary/aromatic N) is 2. The number of aryl methyl sites for hydroxylation is 1. The van der Waals surface area contributed by atoms with Gasteiger partial charge in [-0.05, 0) is 32.0 Å². The minimum Gasteiger partial charge on any atom is -0.469 e. The van der Waals surface area contributed by atoms with E-state index in [9.17, 15) is 4.79 Å². The SMILES string of the molecule is CC(=O)c1ccc(N(C)Cc2ccoc2C)nc1. The Morgan fingerprint density at radius 2 is 2.17 bits per heavy atom. The summed E-state index contributed by atoms with van der Waals surface area (Å²) in [5.41, 5.74) is 1.77. The van der Waals surface area contributed by atoms with E-state index in [1.165, 1.54) is 6.92 Å². The zero-order valence-electron chi connectivity index (χ0n) is 10.8. The monoisotopic (exact) mass is 244 g/mol. The molecule has 0 unspecified atom stereocenters. The Kier molecular flexibility index (Phi) is 3.46. The summed E-state index contributed by atoms with van der Waals surface area (Å²) < 4.78 is 5.26. The number of carbonyl (C=O) groups excluding carboxylic acids is 1. The minimum absolute atomic E-state index is 0.0300. The summed E-state index contributed by atoms with van der Waals surface area (Å²) in [5, 5.41) is 0. The molecule has 0 aliphatic heterocycles. The molecule has 0 aromatic carbocycles. The Balaban J connectivity index is 2.12. The standard InChI is InChI=1S/C14H16N2O2/c1-10(17)12-4-5-14(15-8-12)16(3)9-13-6-7-18-11(13)2/h4-8H,9H2,1-3H3. The maximum absolute atomic E-state index is 11.2. The topological polar surface area (TPSA) is 46.3 Å². The van der Waals surface area contributed by atoms with Crippen molar-refractivity contribution in [2.45, 2.75) is 20.4 Å². The molecule has 0 atom stereocenters. The summed E-state index contributed by atoms with van der Waals surface area (Å²) in [6, 6.07) is 5.60. The summed E-state index contributed by atoms with van der Waals surface area (Å²) >= 11 is 0. The highest BCUT2D eigenvalue weighted by atomic mass is 16.3. The fraction of sp³-hybridized carbons (Fsp3) is 0.286. The van der Waals surface area contributed by atoms with Crippen LogP contribution in [0.3, 0.4) is 0 Å². The number of anilines is 1. The van der Waals surface area contributed by atoms with Gasteiger partial charge in [0.1, 0.15) is 11.6 Å². The van der Waals surface area contributed by atoms with Crippen LogP contribution in [0.5, 0.6) is 0 Å². The first-order valence-corrected chi connectivity index (χ1v) is 5.79. The number of carbonyl (C=O) groups is 1. The zero-order valence-corrected chi connectivity index (χ0v) is 10.8. The second-order valence-electron chi connectivity index (χ2n) is 4.32. The third-order valence-corrected chi connectivity index (χ3v) is 2.92. The van der Waals surface area contributed by atoms with Crippen LogP contribution in [-0.2, 0) is 6.54 Å². The molecule has 4 heteroatoms. The number of furan rings is 1. The van der Waals surface area contributed by atoms with Gasteiger partial charge >= 0.3 is 0 Å². The molecule has 0 aliphatic carbocycles. The van der Waals surface area contributed by atoms with Gasteiger partial charge in [-0.2, -0.15) is 0 Å². The van der Waals surface area contributed by atoms with Crippen LogP contribution in [0.4, 0.5) is 5.82 Å². The molecule has 0 saturated carbocycles. The summed E-state index contributed by atoms with van der Waals surface area (Å²) in [4.78, 5) is 17.5. The average molecular weight is 244 g/mol. The maximum Gasteiger partial charge on any atom is 0.161 e. The predicted octanol–water partition coefficient (Wildman–Crippen LogP) is 2.82. The lowest BCUT2D eigenvalue weighted by Gasteiger charge is -2.17. The van der Waals surface area contributed by atoms with Crippen molar-refractivity contribution in [1.82, 2.24) is 4.98 Å². The van der Waals surface area contributed by atoms with Crippen molar-refractivity contribution in [2.75, 3.05) is 11.9 Å². The number of pyridine rings is 1. The van der Waals surface area contributed by atoms with Crippen molar-refractivity contribution < 1.29 is 9.21 Å². The van der Waals surface area contributed by atoms with Gasteiger partial charge in [0.2, 0.25) is 0 Å². The molecule has 0 N–H and O–H groups in total. The lowest BCUT2D eigenvalue weighted by molar-refractivity contribution is 0.101. The molecular formula is C14H16N2O2. The largest absolute Gasteiger partial charge is 0.469 e. The first-order valence-electron chi connectivity index (χ1n) is 5.79. The molecule has 0 fully saturated rings. The van der Waals surface area contributed by atoms with E-state index >= 15 is 0 Å². The number of rotatable bonds is 4. The highest BCUT2D eigenvalue weighted by molar-refractivity contribution is 5.93. The average Bonchev–Trinajstić information content (AvgIpc) is 2.75. The van der Waals surface area contributed by atoms with Crippen LogP contribution in [0.2, 0.25) is 0 Å². The van der Waals surface area contributed by atoms with E-state index in [0.717, 1.165) is 23.7 Å². The first-order chi connectivity index (χ1) is 8.58. The molecular weight excluding hydrogens is 228 g/mol. The quantitative estimate of drug-likeness (QED) is 0.776. The molecule has 4 nitrogen and oxygen atoms in total. The van der Waals surface area contributed by atoms with Crippen molar-refractivity contribution in [2.24, 2.45) is 0 Å². The van der Waals surface area contributed by atoms with Crippen molar-refractivity contribution in [3.63, 3.8) is 0 Å². The number of hydrogen-bond acceptors (Lipinski definition) is 4. The second-order valence-corrected chi connectivity index (χ2v) is 4.32. The molecule has 0 amide bonds. The van der Waals surface area contributed by atoms with Crippen molar-refractivity contribution in [3.8, 4) is 0 Å². The van der Waals surface area contributed by atoms with E-state index in [1.807, 2.05) is 31.0 Å². The van der Waals surface area contributed by atoms with Crippen molar-refractivity contribution in [1.29, 1.82) is 0 Å². The normalized spacial score (nSPS) is 10.4. The van der Waals surface area contributed by atoms with Crippen LogP contribution in [0, 0.1) is 6.92 Å². The lowest BCUT2D eigenvalue weighted by atomic mass is 10.2. The number of aromatic nitrogens is 1. The number of ketones is 1. The van der Waals surface area contributed by atoms with Crippen LogP contribution in [0.1, 0.15) is 28.6 Å². The third-order valence-electron chi connectivity index (χ3n) is 2.92. The summed E-state index contributed by atoms with van der Waals surface area (Å²) in [6.45, 7) is 4.21. The Bertz CT molecular complexity index is 543. The van der Waals surface area contributed by atoms with Crippen LogP contribution >= 0.6 is 0 Å². The molecule has 0 spiro atoms. The van der Waals surface area contributed by atoms with Gasteiger partial charge in [-0.1, -0.05) is 0 Å². The second kappa shape index (κ2) is 5.04. The van der Waals surface area contributed by atoms with Crippen molar-refractivity contribution in [3.05, 3.63) is 47.5 Å².